The number of hydrogen-bond acceptors (Lipinski definition) is 6. The maximum Gasteiger partial charge on any atom is 0.315 e. The van der Waals surface area contributed by atoms with Gasteiger partial charge in [-0.1, -0.05) is 12.1 Å². The average molecular weight is 347 g/mol. The van der Waals surface area contributed by atoms with Gasteiger partial charge in [0.2, 0.25) is 0 Å². The minimum absolute atomic E-state index is 0.219. The van der Waals surface area contributed by atoms with Gasteiger partial charge in [0.25, 0.3) is 0 Å². The lowest BCUT2D eigenvalue weighted by Crippen LogP contribution is -2.34. The van der Waals surface area contributed by atoms with Crippen molar-refractivity contribution >= 4 is 44.1 Å². The van der Waals surface area contributed by atoms with E-state index in [1.54, 1.807) is 22.7 Å². The normalized spacial score (nSPS) is 10.7. The Morgan fingerprint density at radius 3 is 2.70 bits per heavy atom. The van der Waals surface area contributed by atoms with Crippen molar-refractivity contribution in [2.45, 2.75) is 13.1 Å². The number of thiazole rings is 2. The molecule has 0 unspecified atom stereocenters. The third-order valence-corrected chi connectivity index (χ3v) is 5.18. The van der Waals surface area contributed by atoms with Crippen LogP contribution in [0.5, 0.6) is 0 Å². The number of urea groups is 1. The monoisotopic (exact) mass is 347 g/mol. The van der Waals surface area contributed by atoms with Crippen molar-refractivity contribution < 1.29 is 4.79 Å². The molecule has 2 N–H and O–H groups in total. The van der Waals surface area contributed by atoms with Crippen LogP contribution in [0.1, 0.15) is 10.7 Å². The van der Waals surface area contributed by atoms with Crippen LogP contribution in [0.3, 0.4) is 0 Å². The molecular weight excluding hydrogens is 330 g/mol. The van der Waals surface area contributed by atoms with Gasteiger partial charge in [0.15, 0.2) is 5.13 Å². The second kappa shape index (κ2) is 6.93. The summed E-state index contributed by atoms with van der Waals surface area (Å²) in [6.45, 7) is 0.835. The van der Waals surface area contributed by atoms with E-state index in [4.69, 9.17) is 0 Å². The van der Waals surface area contributed by atoms with Gasteiger partial charge < -0.3 is 15.5 Å². The number of nitrogens with zero attached hydrogens (tertiary/aromatic N) is 3. The SMILES string of the molecule is CN(C)c1nc(CNC(=O)NCc2nc3ccccc3s2)cs1. The summed E-state index contributed by atoms with van der Waals surface area (Å²) in [6, 6.07) is 7.73. The molecule has 1 aromatic carbocycles. The number of nitrogens with one attached hydrogen (secondary N) is 2. The van der Waals surface area contributed by atoms with Crippen LogP contribution >= 0.6 is 22.7 Å². The molecule has 2 amide bonds. The largest absolute Gasteiger partial charge is 0.354 e. The van der Waals surface area contributed by atoms with Gasteiger partial charge >= 0.3 is 6.03 Å². The number of benzene rings is 1. The average Bonchev–Trinajstić information content (AvgIpc) is 3.17. The number of carbonyl (C=O) groups excluding carboxylic acids is 1. The van der Waals surface area contributed by atoms with Crippen molar-refractivity contribution in [1.29, 1.82) is 0 Å². The lowest BCUT2D eigenvalue weighted by Gasteiger charge is -2.06. The maximum atomic E-state index is 11.9. The van der Waals surface area contributed by atoms with Crippen LogP contribution in [0.4, 0.5) is 9.93 Å². The summed E-state index contributed by atoms with van der Waals surface area (Å²) in [5.41, 5.74) is 1.82. The molecule has 0 radical (unpaired) electrons. The molecule has 0 atom stereocenters. The highest BCUT2D eigenvalue weighted by atomic mass is 32.1. The van der Waals surface area contributed by atoms with Crippen LogP contribution in [0.2, 0.25) is 0 Å². The summed E-state index contributed by atoms with van der Waals surface area (Å²) in [7, 11) is 3.89. The van der Waals surface area contributed by atoms with Gasteiger partial charge in [-0.15, -0.1) is 22.7 Å². The van der Waals surface area contributed by atoms with Gasteiger partial charge in [-0.05, 0) is 12.1 Å². The Bertz CT molecular complexity index is 778. The molecule has 0 bridgehead atoms. The Kier molecular flexibility index (Phi) is 4.73. The molecule has 0 spiro atoms. The van der Waals surface area contributed by atoms with E-state index >= 15 is 0 Å². The number of amides is 2. The zero-order chi connectivity index (χ0) is 16.2. The number of anilines is 1. The van der Waals surface area contributed by atoms with Crippen LogP contribution in [-0.4, -0.2) is 30.1 Å². The van der Waals surface area contributed by atoms with Crippen LogP contribution in [0, 0.1) is 0 Å². The van der Waals surface area contributed by atoms with Crippen molar-refractivity contribution in [3.8, 4) is 0 Å². The molecule has 3 aromatic rings. The second-order valence-electron chi connectivity index (χ2n) is 5.13. The highest BCUT2D eigenvalue weighted by Crippen LogP contribution is 2.21. The number of hydrogen-bond donors (Lipinski definition) is 2. The summed E-state index contributed by atoms with van der Waals surface area (Å²) in [5.74, 6) is 0. The molecule has 0 aliphatic carbocycles. The first-order valence-corrected chi connectivity index (χ1v) is 8.79. The minimum Gasteiger partial charge on any atom is -0.354 e. The molecule has 2 aromatic heterocycles. The molecule has 6 nitrogen and oxygen atoms in total. The first kappa shape index (κ1) is 15.7. The first-order chi connectivity index (χ1) is 11.1. The van der Waals surface area contributed by atoms with E-state index in [0.717, 1.165) is 26.0 Å². The summed E-state index contributed by atoms with van der Waals surface area (Å²) in [5, 5.41) is 9.40. The Balaban J connectivity index is 1.49. The topological polar surface area (TPSA) is 70.2 Å². The Hall–Kier alpha value is -2.19. The van der Waals surface area contributed by atoms with Crippen molar-refractivity contribution in [3.63, 3.8) is 0 Å². The Morgan fingerprint density at radius 1 is 1.17 bits per heavy atom. The molecule has 0 aliphatic rings. The Labute approximate surface area is 142 Å². The van der Waals surface area contributed by atoms with E-state index in [-0.39, 0.29) is 6.03 Å². The van der Waals surface area contributed by atoms with Gasteiger partial charge in [0, 0.05) is 19.5 Å². The van der Waals surface area contributed by atoms with E-state index in [1.165, 1.54) is 0 Å². The number of para-hydroxylation sites is 1. The lowest BCUT2D eigenvalue weighted by atomic mass is 10.3. The van der Waals surface area contributed by atoms with Crippen molar-refractivity contribution in [3.05, 3.63) is 40.3 Å². The highest BCUT2D eigenvalue weighted by molar-refractivity contribution is 7.18. The molecule has 8 heteroatoms. The van der Waals surface area contributed by atoms with Crippen molar-refractivity contribution in [1.82, 2.24) is 20.6 Å². The lowest BCUT2D eigenvalue weighted by molar-refractivity contribution is 0.240. The number of aromatic nitrogens is 2. The minimum atomic E-state index is -0.219. The van der Waals surface area contributed by atoms with Gasteiger partial charge in [0.05, 0.1) is 29.0 Å². The third-order valence-electron chi connectivity index (χ3n) is 3.09. The standard InChI is InChI=1S/C15H17N5OS2/c1-20(2)15-18-10(9-22-15)7-16-14(21)17-8-13-19-11-5-3-4-6-12(11)23-13/h3-6,9H,7-8H2,1-2H3,(H2,16,17,21). The summed E-state index contributed by atoms with van der Waals surface area (Å²) >= 11 is 3.15. The van der Waals surface area contributed by atoms with Crippen molar-refractivity contribution in [2.75, 3.05) is 19.0 Å². The Morgan fingerprint density at radius 2 is 1.96 bits per heavy atom. The number of fused-ring (bicyclic) bond motifs is 1. The van der Waals surface area contributed by atoms with Crippen molar-refractivity contribution in [2.24, 2.45) is 0 Å². The van der Waals surface area contributed by atoms with Gasteiger partial charge in [0.1, 0.15) is 5.01 Å². The van der Waals surface area contributed by atoms with Gasteiger partial charge in [-0.2, -0.15) is 0 Å². The third kappa shape index (κ3) is 3.96. The zero-order valence-electron chi connectivity index (χ0n) is 12.9. The van der Waals surface area contributed by atoms with Gasteiger partial charge in [-0.25, -0.2) is 14.8 Å². The predicted molar refractivity (Wildman–Crippen MR) is 95.1 cm³/mol. The molecule has 120 valence electrons. The van der Waals surface area contributed by atoms with Crippen LogP contribution < -0.4 is 15.5 Å². The van der Waals surface area contributed by atoms with E-state index in [2.05, 4.69) is 20.6 Å². The van der Waals surface area contributed by atoms with Crippen LogP contribution in [-0.2, 0) is 13.1 Å². The zero-order valence-corrected chi connectivity index (χ0v) is 14.5. The first-order valence-electron chi connectivity index (χ1n) is 7.09. The summed E-state index contributed by atoms with van der Waals surface area (Å²) in [6.07, 6.45) is 0. The van der Waals surface area contributed by atoms with Crippen LogP contribution in [0.15, 0.2) is 29.6 Å². The van der Waals surface area contributed by atoms with Gasteiger partial charge in [-0.3, -0.25) is 0 Å². The van der Waals surface area contributed by atoms with Crippen LogP contribution in [0.25, 0.3) is 10.2 Å². The fourth-order valence-electron chi connectivity index (χ4n) is 1.97. The highest BCUT2D eigenvalue weighted by Gasteiger charge is 2.07. The van der Waals surface area contributed by atoms with E-state index < -0.39 is 0 Å². The molecular formula is C15H17N5OS2. The molecule has 0 aliphatic heterocycles. The molecule has 0 saturated carbocycles. The fraction of sp³-hybridized carbons (Fsp3) is 0.267. The molecule has 0 saturated heterocycles. The molecule has 0 fully saturated rings. The molecule has 3 rings (SSSR count). The smallest absolute Gasteiger partial charge is 0.315 e. The summed E-state index contributed by atoms with van der Waals surface area (Å²) in [4.78, 5) is 22.7. The quantitative estimate of drug-likeness (QED) is 0.744. The number of rotatable bonds is 5. The molecule has 2 heterocycles. The maximum absolute atomic E-state index is 11.9. The van der Waals surface area contributed by atoms with E-state index in [9.17, 15) is 4.79 Å². The number of carbonyl (C=O) groups is 1. The predicted octanol–water partition coefficient (Wildman–Crippen LogP) is 2.82. The molecule has 23 heavy (non-hydrogen) atoms. The van der Waals surface area contributed by atoms with E-state index in [0.29, 0.717) is 13.1 Å². The second-order valence-corrected chi connectivity index (χ2v) is 7.08. The fourth-order valence-corrected chi connectivity index (χ4v) is 3.63. The summed E-state index contributed by atoms with van der Waals surface area (Å²) < 4.78 is 1.13. The van der Waals surface area contributed by atoms with E-state index in [1.807, 2.05) is 48.6 Å².